The van der Waals surface area contributed by atoms with Crippen LogP contribution in [0.1, 0.15) is 33.4 Å². The monoisotopic (exact) mass is 282 g/mol. The summed E-state index contributed by atoms with van der Waals surface area (Å²) >= 11 is 0. The minimum absolute atomic E-state index is 0.0248. The molecule has 0 spiro atoms. The molecule has 4 N–H and O–H groups in total. The summed E-state index contributed by atoms with van der Waals surface area (Å²) in [5.41, 5.74) is 2.43. The maximum Gasteiger partial charge on any atom is 0.332 e. The van der Waals surface area contributed by atoms with Gasteiger partial charge in [0, 0.05) is 6.54 Å². The van der Waals surface area contributed by atoms with Gasteiger partial charge in [0.1, 0.15) is 5.69 Å². The van der Waals surface area contributed by atoms with Crippen LogP contribution in [0.25, 0.3) is 0 Å². The average molecular weight is 282 g/mol. The van der Waals surface area contributed by atoms with E-state index in [0.717, 1.165) is 0 Å². The molecule has 0 amide bonds. The first-order valence-electron chi connectivity index (χ1n) is 6.42. The molecule has 1 rings (SSSR count). The number of nitrogens with one attached hydrogen (secondary N) is 2. The van der Waals surface area contributed by atoms with E-state index < -0.39 is 4.92 Å². The van der Waals surface area contributed by atoms with E-state index in [2.05, 4.69) is 48.4 Å². The molecule has 1 aromatic heterocycles. The van der Waals surface area contributed by atoms with Gasteiger partial charge in [-0.15, -0.1) is 0 Å². The highest BCUT2D eigenvalue weighted by Crippen LogP contribution is 2.30. The number of nitrogens with zero attached hydrogens (tertiary/aromatic N) is 3. The highest BCUT2D eigenvalue weighted by Gasteiger charge is 2.26. The molecule has 0 saturated heterocycles. The van der Waals surface area contributed by atoms with Gasteiger partial charge in [0.2, 0.25) is 11.8 Å². The summed E-state index contributed by atoms with van der Waals surface area (Å²) in [5, 5.41) is 14.2. The van der Waals surface area contributed by atoms with Crippen LogP contribution in [0.5, 0.6) is 0 Å². The van der Waals surface area contributed by atoms with Crippen LogP contribution in [0, 0.1) is 28.4 Å². The zero-order chi connectivity index (χ0) is 15.5. The van der Waals surface area contributed by atoms with Gasteiger partial charge >= 0.3 is 5.69 Å². The molecule has 1 heterocycles. The molecule has 0 aliphatic rings. The number of nitro groups is 1. The van der Waals surface area contributed by atoms with Gasteiger partial charge in [-0.1, -0.05) is 27.7 Å². The number of rotatable bonds is 6. The molecule has 0 atom stereocenters. The van der Waals surface area contributed by atoms with E-state index in [1.54, 1.807) is 6.92 Å². The third-order valence-electron chi connectivity index (χ3n) is 3.64. The first-order valence-corrected chi connectivity index (χ1v) is 6.42. The van der Waals surface area contributed by atoms with E-state index in [-0.39, 0.29) is 28.6 Å². The summed E-state index contributed by atoms with van der Waals surface area (Å²) in [6.45, 7) is 10.5. The SMILES string of the molecule is Cc1nc(NN)nc(NCC(C)(C)C(C)C)c1[N+](=O)[O-]. The summed E-state index contributed by atoms with van der Waals surface area (Å²) < 4.78 is 0. The van der Waals surface area contributed by atoms with Gasteiger partial charge in [-0.05, 0) is 18.3 Å². The molecule has 0 unspecified atom stereocenters. The fourth-order valence-corrected chi connectivity index (χ4v) is 1.49. The number of aryl methyl sites for hydroxylation is 1. The van der Waals surface area contributed by atoms with Crippen molar-refractivity contribution >= 4 is 17.5 Å². The summed E-state index contributed by atoms with van der Waals surface area (Å²) in [6.07, 6.45) is 0. The lowest BCUT2D eigenvalue weighted by Gasteiger charge is -2.29. The Hall–Kier alpha value is -1.96. The van der Waals surface area contributed by atoms with Crippen LogP contribution >= 0.6 is 0 Å². The van der Waals surface area contributed by atoms with Crippen LogP contribution in [0.2, 0.25) is 0 Å². The topological polar surface area (TPSA) is 119 Å². The van der Waals surface area contributed by atoms with Gasteiger partial charge in [-0.25, -0.2) is 10.8 Å². The Bertz CT molecular complexity index is 501. The number of anilines is 2. The Balaban J connectivity index is 3.10. The molecule has 1 aromatic rings. The van der Waals surface area contributed by atoms with Gasteiger partial charge < -0.3 is 5.32 Å². The number of nitrogens with two attached hydrogens (primary N) is 1. The molecule has 8 nitrogen and oxygen atoms in total. The second-order valence-electron chi connectivity index (χ2n) is 5.73. The van der Waals surface area contributed by atoms with Crippen molar-refractivity contribution in [2.45, 2.75) is 34.6 Å². The highest BCUT2D eigenvalue weighted by atomic mass is 16.6. The number of hydrogen-bond donors (Lipinski definition) is 3. The van der Waals surface area contributed by atoms with Gasteiger partial charge in [-0.3, -0.25) is 15.5 Å². The fourth-order valence-electron chi connectivity index (χ4n) is 1.49. The van der Waals surface area contributed by atoms with Gasteiger partial charge in [-0.2, -0.15) is 4.98 Å². The van der Waals surface area contributed by atoms with E-state index in [1.165, 1.54) is 0 Å². The van der Waals surface area contributed by atoms with E-state index in [1.807, 2.05) is 0 Å². The van der Waals surface area contributed by atoms with E-state index in [0.29, 0.717) is 12.5 Å². The second kappa shape index (κ2) is 6.00. The van der Waals surface area contributed by atoms with Crippen LogP contribution in [0.4, 0.5) is 17.5 Å². The Morgan fingerprint density at radius 2 is 2.00 bits per heavy atom. The lowest BCUT2D eigenvalue weighted by molar-refractivity contribution is -0.385. The summed E-state index contributed by atoms with van der Waals surface area (Å²) in [5.74, 6) is 6.03. The lowest BCUT2D eigenvalue weighted by atomic mass is 9.81. The molecule has 0 bridgehead atoms. The Labute approximate surface area is 118 Å². The molecule has 0 radical (unpaired) electrons. The number of hydrogen-bond acceptors (Lipinski definition) is 7. The predicted molar refractivity (Wildman–Crippen MR) is 78.3 cm³/mol. The molecule has 112 valence electrons. The van der Waals surface area contributed by atoms with Crippen molar-refractivity contribution < 1.29 is 4.92 Å². The maximum atomic E-state index is 11.1. The minimum atomic E-state index is -0.486. The number of aromatic nitrogens is 2. The third-order valence-corrected chi connectivity index (χ3v) is 3.64. The smallest absolute Gasteiger partial charge is 0.332 e. The maximum absolute atomic E-state index is 11.1. The Morgan fingerprint density at radius 1 is 1.40 bits per heavy atom. The van der Waals surface area contributed by atoms with Crippen molar-refractivity contribution in [2.24, 2.45) is 17.2 Å². The van der Waals surface area contributed by atoms with Crippen LogP contribution in [0.15, 0.2) is 0 Å². The van der Waals surface area contributed by atoms with Gasteiger partial charge in [0.25, 0.3) is 0 Å². The lowest BCUT2D eigenvalue weighted by Crippen LogP contribution is -2.29. The normalized spacial score (nSPS) is 11.6. The Kier molecular flexibility index (Phi) is 4.83. The molecule has 0 saturated carbocycles. The summed E-state index contributed by atoms with van der Waals surface area (Å²) in [4.78, 5) is 18.6. The van der Waals surface area contributed by atoms with Crippen molar-refractivity contribution in [3.63, 3.8) is 0 Å². The fraction of sp³-hybridized carbons (Fsp3) is 0.667. The summed E-state index contributed by atoms with van der Waals surface area (Å²) in [6, 6.07) is 0. The van der Waals surface area contributed by atoms with Crippen molar-refractivity contribution in [2.75, 3.05) is 17.3 Å². The van der Waals surface area contributed by atoms with Crippen LogP contribution in [-0.2, 0) is 0 Å². The molecular weight excluding hydrogens is 260 g/mol. The Morgan fingerprint density at radius 3 is 2.45 bits per heavy atom. The third kappa shape index (κ3) is 3.53. The molecule has 0 aliphatic heterocycles. The molecular formula is C12H22N6O2. The molecule has 0 aromatic carbocycles. The molecule has 20 heavy (non-hydrogen) atoms. The quantitative estimate of drug-likeness (QED) is 0.415. The first kappa shape index (κ1) is 16.1. The zero-order valence-electron chi connectivity index (χ0n) is 12.5. The van der Waals surface area contributed by atoms with Crippen molar-refractivity contribution in [3.05, 3.63) is 15.8 Å². The molecule has 0 aliphatic carbocycles. The van der Waals surface area contributed by atoms with Gasteiger partial charge in [0.15, 0.2) is 0 Å². The van der Waals surface area contributed by atoms with Crippen LogP contribution in [0.3, 0.4) is 0 Å². The minimum Gasteiger partial charge on any atom is -0.364 e. The predicted octanol–water partition coefficient (Wildman–Crippen LogP) is 2.07. The van der Waals surface area contributed by atoms with Crippen molar-refractivity contribution in [1.29, 1.82) is 0 Å². The second-order valence-corrected chi connectivity index (χ2v) is 5.73. The van der Waals surface area contributed by atoms with E-state index >= 15 is 0 Å². The largest absolute Gasteiger partial charge is 0.364 e. The molecule has 0 fully saturated rings. The van der Waals surface area contributed by atoms with Crippen LogP contribution < -0.4 is 16.6 Å². The molecule has 8 heteroatoms. The number of hydrazine groups is 1. The van der Waals surface area contributed by atoms with Gasteiger partial charge in [0.05, 0.1) is 4.92 Å². The zero-order valence-corrected chi connectivity index (χ0v) is 12.5. The van der Waals surface area contributed by atoms with Crippen molar-refractivity contribution in [1.82, 2.24) is 9.97 Å². The summed E-state index contributed by atoms with van der Waals surface area (Å²) in [7, 11) is 0. The first-order chi connectivity index (χ1) is 9.19. The van der Waals surface area contributed by atoms with Crippen LogP contribution in [-0.4, -0.2) is 21.4 Å². The van der Waals surface area contributed by atoms with E-state index in [4.69, 9.17) is 5.84 Å². The van der Waals surface area contributed by atoms with Crippen molar-refractivity contribution in [3.8, 4) is 0 Å². The average Bonchev–Trinajstić information content (AvgIpc) is 2.34. The standard InChI is InChI=1S/C12H22N6O2/c1-7(2)12(4,5)6-14-10-9(18(19)20)8(3)15-11(16-10)17-13/h7H,6,13H2,1-5H3,(H2,14,15,16,17). The number of nitrogen functional groups attached to an aromatic ring is 1. The highest BCUT2D eigenvalue weighted by molar-refractivity contribution is 5.60. The van der Waals surface area contributed by atoms with E-state index in [9.17, 15) is 10.1 Å².